The molecule has 0 radical (unpaired) electrons. The van der Waals surface area contributed by atoms with Gasteiger partial charge in [-0.05, 0) is 37.3 Å². The van der Waals surface area contributed by atoms with Crippen LogP contribution in [0.1, 0.15) is 44.8 Å². The van der Waals surface area contributed by atoms with Gasteiger partial charge in [-0.2, -0.15) is 0 Å². The summed E-state index contributed by atoms with van der Waals surface area (Å²) in [7, 11) is 0. The number of hydrogen-bond donors (Lipinski definition) is 1. The van der Waals surface area contributed by atoms with E-state index in [4.69, 9.17) is 14.2 Å². The molecule has 9 heteroatoms. The van der Waals surface area contributed by atoms with E-state index in [-0.39, 0.29) is 16.7 Å². The van der Waals surface area contributed by atoms with Crippen molar-refractivity contribution in [3.05, 3.63) is 94.6 Å². The molecule has 0 aliphatic carbocycles. The van der Waals surface area contributed by atoms with E-state index in [1.54, 1.807) is 30.3 Å². The van der Waals surface area contributed by atoms with Crippen LogP contribution >= 0.6 is 0 Å². The zero-order chi connectivity index (χ0) is 24.9. The van der Waals surface area contributed by atoms with E-state index in [9.17, 15) is 23.2 Å². The number of amides is 1. The summed E-state index contributed by atoms with van der Waals surface area (Å²) >= 11 is 0. The van der Waals surface area contributed by atoms with E-state index < -0.39 is 41.9 Å². The lowest BCUT2D eigenvalue weighted by atomic mass is 9.98. The molecule has 3 aromatic carbocycles. The molecule has 7 nitrogen and oxygen atoms in total. The average molecular weight is 481 g/mol. The first-order valence-corrected chi connectivity index (χ1v) is 10.8. The normalized spacial score (nSPS) is 13.0. The highest BCUT2D eigenvalue weighted by Gasteiger charge is 2.22. The van der Waals surface area contributed by atoms with Crippen LogP contribution in [-0.4, -0.2) is 37.5 Å². The van der Waals surface area contributed by atoms with Crippen LogP contribution in [-0.2, 0) is 9.53 Å². The molecular weight excluding hydrogens is 460 g/mol. The molecular formula is C26H21F2NO6. The third-order valence-corrected chi connectivity index (χ3v) is 5.34. The van der Waals surface area contributed by atoms with Crippen LogP contribution in [0.4, 0.5) is 8.78 Å². The van der Waals surface area contributed by atoms with Gasteiger partial charge < -0.3 is 19.5 Å². The summed E-state index contributed by atoms with van der Waals surface area (Å²) in [4.78, 5) is 38.0. The average Bonchev–Trinajstić information content (AvgIpc) is 2.86. The number of ether oxygens (including phenoxy) is 3. The highest BCUT2D eigenvalue weighted by atomic mass is 19.1. The number of rotatable bonds is 7. The zero-order valence-electron chi connectivity index (χ0n) is 18.7. The maximum absolute atomic E-state index is 13.9. The van der Waals surface area contributed by atoms with Crippen molar-refractivity contribution in [2.45, 2.75) is 13.0 Å². The predicted molar refractivity (Wildman–Crippen MR) is 121 cm³/mol. The van der Waals surface area contributed by atoms with E-state index in [1.165, 1.54) is 25.1 Å². The Morgan fingerprint density at radius 3 is 2.40 bits per heavy atom. The molecule has 0 saturated carbocycles. The summed E-state index contributed by atoms with van der Waals surface area (Å²) in [5, 5.41) is 2.48. The minimum absolute atomic E-state index is 0.0159. The first-order valence-electron chi connectivity index (χ1n) is 10.8. The quantitative estimate of drug-likeness (QED) is 0.405. The first-order chi connectivity index (χ1) is 16.8. The lowest BCUT2D eigenvalue weighted by Gasteiger charge is -2.18. The molecule has 1 aliphatic heterocycles. The fourth-order valence-electron chi connectivity index (χ4n) is 3.62. The van der Waals surface area contributed by atoms with E-state index in [1.807, 2.05) is 0 Å². The minimum Gasteiger partial charge on any atom is -0.486 e. The van der Waals surface area contributed by atoms with Crippen molar-refractivity contribution in [3.63, 3.8) is 0 Å². The lowest BCUT2D eigenvalue weighted by molar-refractivity contribution is -0.124. The van der Waals surface area contributed by atoms with Gasteiger partial charge in [0.15, 0.2) is 23.9 Å². The van der Waals surface area contributed by atoms with Gasteiger partial charge in [-0.15, -0.1) is 0 Å². The Labute approximate surface area is 199 Å². The predicted octanol–water partition coefficient (Wildman–Crippen LogP) is 4.00. The second kappa shape index (κ2) is 10.3. The number of esters is 1. The molecule has 0 fully saturated rings. The SMILES string of the molecule is CC(NC(=O)COC(=O)c1ccccc1C(=O)c1ccc2c(c1)OCCO2)c1ccc(F)cc1F. The van der Waals surface area contributed by atoms with Crippen molar-refractivity contribution in [1.82, 2.24) is 5.32 Å². The van der Waals surface area contributed by atoms with Crippen molar-refractivity contribution in [2.75, 3.05) is 19.8 Å². The Morgan fingerprint density at radius 2 is 1.66 bits per heavy atom. The first kappa shape index (κ1) is 23.9. The van der Waals surface area contributed by atoms with Crippen LogP contribution in [0.3, 0.4) is 0 Å². The standard InChI is InChI=1S/C26H21F2NO6/c1-15(18-8-7-17(27)13-21(18)28)29-24(30)14-35-26(32)20-5-3-2-4-19(20)25(31)16-6-9-22-23(12-16)34-11-10-33-22/h2-9,12-13,15H,10-11,14H2,1H3,(H,29,30). The third-order valence-electron chi connectivity index (χ3n) is 5.34. The Hall–Kier alpha value is -4.27. The fourth-order valence-corrected chi connectivity index (χ4v) is 3.62. The summed E-state index contributed by atoms with van der Waals surface area (Å²) in [5.74, 6) is -2.57. The molecule has 0 aromatic heterocycles. The molecule has 0 saturated heterocycles. The second-order valence-electron chi connectivity index (χ2n) is 7.76. The van der Waals surface area contributed by atoms with Crippen molar-refractivity contribution in [2.24, 2.45) is 0 Å². The van der Waals surface area contributed by atoms with Gasteiger partial charge in [0.2, 0.25) is 0 Å². The molecule has 1 unspecified atom stereocenters. The number of ketones is 1. The van der Waals surface area contributed by atoms with Gasteiger partial charge in [-0.1, -0.05) is 24.3 Å². The van der Waals surface area contributed by atoms with Crippen molar-refractivity contribution >= 4 is 17.7 Å². The number of nitrogens with one attached hydrogen (secondary N) is 1. The zero-order valence-corrected chi connectivity index (χ0v) is 18.7. The molecule has 180 valence electrons. The van der Waals surface area contributed by atoms with Crippen LogP contribution in [0.15, 0.2) is 60.7 Å². The molecule has 1 atom stereocenters. The summed E-state index contributed by atoms with van der Waals surface area (Å²) in [6.45, 7) is 1.64. The summed E-state index contributed by atoms with van der Waals surface area (Å²) in [6, 6.07) is 13.0. The maximum atomic E-state index is 13.9. The number of benzene rings is 3. The Morgan fingerprint density at radius 1 is 0.943 bits per heavy atom. The smallest absolute Gasteiger partial charge is 0.339 e. The van der Waals surface area contributed by atoms with Crippen molar-refractivity contribution in [1.29, 1.82) is 0 Å². The largest absolute Gasteiger partial charge is 0.486 e. The molecule has 1 amide bonds. The van der Waals surface area contributed by atoms with Gasteiger partial charge in [0.05, 0.1) is 11.6 Å². The monoisotopic (exact) mass is 481 g/mol. The Balaban J connectivity index is 1.42. The summed E-state index contributed by atoms with van der Waals surface area (Å²) < 4.78 is 43.1. The van der Waals surface area contributed by atoms with Crippen LogP contribution in [0.2, 0.25) is 0 Å². The van der Waals surface area contributed by atoms with E-state index in [0.29, 0.717) is 36.3 Å². The molecule has 3 aromatic rings. The summed E-state index contributed by atoms with van der Waals surface area (Å²) in [6.07, 6.45) is 0. The van der Waals surface area contributed by atoms with Gasteiger partial charge in [0.1, 0.15) is 24.8 Å². The third kappa shape index (κ3) is 5.46. The molecule has 0 bridgehead atoms. The van der Waals surface area contributed by atoms with E-state index in [2.05, 4.69) is 5.32 Å². The van der Waals surface area contributed by atoms with Gasteiger partial charge in [0.25, 0.3) is 5.91 Å². The highest BCUT2D eigenvalue weighted by Crippen LogP contribution is 2.31. The van der Waals surface area contributed by atoms with Crippen LogP contribution in [0, 0.1) is 11.6 Å². The maximum Gasteiger partial charge on any atom is 0.339 e. The molecule has 0 spiro atoms. The summed E-state index contributed by atoms with van der Waals surface area (Å²) in [5.41, 5.74) is 0.456. The van der Waals surface area contributed by atoms with Crippen molar-refractivity contribution in [3.8, 4) is 11.5 Å². The van der Waals surface area contributed by atoms with Crippen LogP contribution < -0.4 is 14.8 Å². The fraction of sp³-hybridized carbons (Fsp3) is 0.192. The van der Waals surface area contributed by atoms with Crippen molar-refractivity contribution < 1.29 is 37.4 Å². The van der Waals surface area contributed by atoms with Gasteiger partial charge in [-0.25, -0.2) is 13.6 Å². The molecule has 1 N–H and O–H groups in total. The number of halogens is 2. The van der Waals surface area contributed by atoms with Crippen LogP contribution in [0.25, 0.3) is 0 Å². The molecule has 1 heterocycles. The van der Waals surface area contributed by atoms with E-state index >= 15 is 0 Å². The topological polar surface area (TPSA) is 90.9 Å². The molecule has 1 aliphatic rings. The minimum atomic E-state index is -0.873. The van der Waals surface area contributed by atoms with Crippen LogP contribution in [0.5, 0.6) is 11.5 Å². The second-order valence-corrected chi connectivity index (χ2v) is 7.76. The molecule has 35 heavy (non-hydrogen) atoms. The van der Waals surface area contributed by atoms with Gasteiger partial charge >= 0.3 is 5.97 Å². The highest BCUT2D eigenvalue weighted by molar-refractivity contribution is 6.14. The molecule has 4 rings (SSSR count). The number of hydrogen-bond acceptors (Lipinski definition) is 6. The van der Waals surface area contributed by atoms with Gasteiger partial charge in [-0.3, -0.25) is 9.59 Å². The van der Waals surface area contributed by atoms with E-state index in [0.717, 1.165) is 6.07 Å². The lowest BCUT2D eigenvalue weighted by Crippen LogP contribution is -2.31. The Kier molecular flexibility index (Phi) is 7.05. The Bertz CT molecular complexity index is 1290. The number of carbonyl (C=O) groups is 3. The number of carbonyl (C=O) groups excluding carboxylic acids is 3. The van der Waals surface area contributed by atoms with Gasteiger partial charge in [0, 0.05) is 22.8 Å². The number of fused-ring (bicyclic) bond motifs is 1.